The Kier molecular flexibility index (Phi) is 3.14. The molecular formula is C11H10ClF3N2O2. The Hall–Kier alpha value is -1.47. The monoisotopic (exact) mass is 294 g/mol. The molecule has 1 aliphatic heterocycles. The summed E-state index contributed by atoms with van der Waals surface area (Å²) in [5, 5.41) is 12.4. The first kappa shape index (κ1) is 14.0. The molecule has 0 bridgehead atoms. The van der Waals surface area contributed by atoms with Gasteiger partial charge in [-0.15, -0.1) is 0 Å². The summed E-state index contributed by atoms with van der Waals surface area (Å²) in [6.07, 6.45) is -5.04. The molecule has 2 rings (SSSR count). The third kappa shape index (κ3) is 1.93. The number of aliphatic hydroxyl groups is 1. The predicted octanol–water partition coefficient (Wildman–Crippen LogP) is 2.91. The van der Waals surface area contributed by atoms with Crippen molar-refractivity contribution in [1.29, 1.82) is 0 Å². The van der Waals surface area contributed by atoms with E-state index in [0.717, 1.165) is 6.07 Å². The van der Waals surface area contributed by atoms with E-state index in [1.165, 1.54) is 19.1 Å². The van der Waals surface area contributed by atoms with E-state index >= 15 is 0 Å². The Labute approximate surface area is 111 Å². The fourth-order valence-electron chi connectivity index (χ4n) is 2.07. The smallest absolute Gasteiger partial charge is 0.360 e. The van der Waals surface area contributed by atoms with Gasteiger partial charge >= 0.3 is 12.2 Å². The number of carbonyl (C=O) groups is 1. The van der Waals surface area contributed by atoms with Crippen LogP contribution in [0.3, 0.4) is 0 Å². The van der Waals surface area contributed by atoms with Gasteiger partial charge in [-0.1, -0.05) is 11.6 Å². The first-order chi connectivity index (χ1) is 8.71. The van der Waals surface area contributed by atoms with E-state index in [4.69, 9.17) is 11.6 Å². The molecular weight excluding hydrogens is 285 g/mol. The summed E-state index contributed by atoms with van der Waals surface area (Å²) in [6, 6.07) is 2.53. The molecule has 0 radical (unpaired) electrons. The molecule has 2 N–H and O–H groups in total. The number of urea groups is 1. The molecule has 0 spiro atoms. The number of fused-ring (bicyclic) bond motifs is 1. The molecule has 0 aromatic heterocycles. The minimum Gasteiger partial charge on any atom is -0.360 e. The molecule has 8 heteroatoms. The number of hydrogen-bond donors (Lipinski definition) is 2. The lowest BCUT2D eigenvalue weighted by molar-refractivity contribution is -0.312. The number of rotatable bonds is 1. The van der Waals surface area contributed by atoms with Crippen molar-refractivity contribution < 1.29 is 23.1 Å². The summed E-state index contributed by atoms with van der Waals surface area (Å²) < 4.78 is 39.7. The molecule has 0 saturated heterocycles. The lowest BCUT2D eigenvalue weighted by Gasteiger charge is -2.44. The van der Waals surface area contributed by atoms with Crippen molar-refractivity contribution in [2.45, 2.75) is 18.8 Å². The van der Waals surface area contributed by atoms with Crippen molar-refractivity contribution in [3.8, 4) is 0 Å². The van der Waals surface area contributed by atoms with Crippen LogP contribution in [0.25, 0.3) is 0 Å². The minimum absolute atomic E-state index is 0.0358. The second-order valence-corrected chi connectivity index (χ2v) is 4.47. The maximum Gasteiger partial charge on any atom is 0.441 e. The van der Waals surface area contributed by atoms with Crippen LogP contribution in [0.4, 0.5) is 23.7 Å². The molecule has 1 heterocycles. The average Bonchev–Trinajstić information content (AvgIpc) is 2.29. The predicted molar refractivity (Wildman–Crippen MR) is 62.8 cm³/mol. The number of anilines is 1. The van der Waals surface area contributed by atoms with Crippen LogP contribution in [0.2, 0.25) is 5.02 Å². The Balaban J connectivity index is 2.73. The van der Waals surface area contributed by atoms with Crippen molar-refractivity contribution in [3.63, 3.8) is 0 Å². The minimum atomic E-state index is -5.04. The maximum atomic E-state index is 13.2. The second-order valence-electron chi connectivity index (χ2n) is 4.03. The number of amides is 2. The fraction of sp³-hybridized carbons (Fsp3) is 0.364. The van der Waals surface area contributed by atoms with Gasteiger partial charge < -0.3 is 10.4 Å². The zero-order valence-electron chi connectivity index (χ0n) is 9.75. The number of halogens is 4. The molecule has 0 saturated carbocycles. The lowest BCUT2D eigenvalue weighted by Crippen LogP contribution is -2.62. The largest absolute Gasteiger partial charge is 0.441 e. The van der Waals surface area contributed by atoms with Crippen LogP contribution in [-0.2, 0) is 5.72 Å². The molecule has 4 nitrogen and oxygen atoms in total. The van der Waals surface area contributed by atoms with Crippen molar-refractivity contribution in [2.75, 3.05) is 11.9 Å². The Bertz CT molecular complexity index is 535. The fourth-order valence-corrected chi connectivity index (χ4v) is 2.24. The van der Waals surface area contributed by atoms with Crippen molar-refractivity contribution in [1.82, 2.24) is 4.90 Å². The summed E-state index contributed by atoms with van der Waals surface area (Å²) in [5.74, 6) is 0. The van der Waals surface area contributed by atoms with E-state index in [9.17, 15) is 23.1 Å². The molecule has 0 aliphatic carbocycles. The molecule has 1 atom stereocenters. The van der Waals surface area contributed by atoms with Crippen LogP contribution in [0, 0.1) is 0 Å². The van der Waals surface area contributed by atoms with Gasteiger partial charge in [-0.05, 0) is 25.1 Å². The van der Waals surface area contributed by atoms with Crippen LogP contribution in [0.15, 0.2) is 18.2 Å². The Morgan fingerprint density at radius 2 is 2.11 bits per heavy atom. The van der Waals surface area contributed by atoms with Gasteiger partial charge in [0.05, 0.1) is 5.69 Å². The molecule has 19 heavy (non-hydrogen) atoms. The molecule has 1 aromatic rings. The van der Waals surface area contributed by atoms with Gasteiger partial charge in [-0.25, -0.2) is 4.79 Å². The zero-order valence-corrected chi connectivity index (χ0v) is 10.5. The van der Waals surface area contributed by atoms with Gasteiger partial charge in [0, 0.05) is 17.1 Å². The SMILES string of the molecule is CCN1C(=O)Nc2ccc(Cl)cc2C1(O)C(F)(F)F. The van der Waals surface area contributed by atoms with Crippen LogP contribution < -0.4 is 5.32 Å². The van der Waals surface area contributed by atoms with Gasteiger partial charge in [-0.3, -0.25) is 4.90 Å². The van der Waals surface area contributed by atoms with E-state index in [1.807, 2.05) is 0 Å². The highest BCUT2D eigenvalue weighted by Gasteiger charge is 2.63. The number of hydrogen-bond acceptors (Lipinski definition) is 2. The van der Waals surface area contributed by atoms with Crippen LogP contribution in [0.5, 0.6) is 0 Å². The number of nitrogens with one attached hydrogen (secondary N) is 1. The zero-order chi connectivity index (χ0) is 14.4. The van der Waals surface area contributed by atoms with Gasteiger partial charge in [-0.2, -0.15) is 13.2 Å². The van der Waals surface area contributed by atoms with Gasteiger partial charge in [0.2, 0.25) is 0 Å². The highest BCUT2D eigenvalue weighted by Crippen LogP contribution is 2.47. The molecule has 104 valence electrons. The highest BCUT2D eigenvalue weighted by atomic mass is 35.5. The summed E-state index contributed by atoms with van der Waals surface area (Å²) in [5.41, 5.74) is -3.99. The Morgan fingerprint density at radius 3 is 2.63 bits per heavy atom. The van der Waals surface area contributed by atoms with Crippen molar-refractivity contribution in [3.05, 3.63) is 28.8 Å². The van der Waals surface area contributed by atoms with Gasteiger partial charge in [0.25, 0.3) is 5.72 Å². The number of carbonyl (C=O) groups excluding carboxylic acids is 1. The maximum absolute atomic E-state index is 13.2. The van der Waals surface area contributed by atoms with Crippen LogP contribution in [0.1, 0.15) is 12.5 Å². The average molecular weight is 295 g/mol. The summed E-state index contributed by atoms with van der Waals surface area (Å²) in [4.78, 5) is 12.0. The van der Waals surface area contributed by atoms with E-state index in [0.29, 0.717) is 4.90 Å². The molecule has 0 fully saturated rings. The van der Waals surface area contributed by atoms with E-state index in [1.54, 1.807) is 0 Å². The second kappa shape index (κ2) is 4.28. The normalized spacial score (nSPS) is 23.1. The molecule has 1 aliphatic rings. The van der Waals surface area contributed by atoms with Gasteiger partial charge in [0.1, 0.15) is 0 Å². The third-order valence-electron chi connectivity index (χ3n) is 2.95. The molecule has 1 unspecified atom stereocenters. The van der Waals surface area contributed by atoms with Crippen molar-refractivity contribution >= 4 is 23.3 Å². The van der Waals surface area contributed by atoms with Gasteiger partial charge in [0.15, 0.2) is 0 Å². The quantitative estimate of drug-likeness (QED) is 0.837. The summed E-state index contributed by atoms with van der Waals surface area (Å²) >= 11 is 5.67. The van der Waals surface area contributed by atoms with E-state index < -0.39 is 23.5 Å². The van der Waals surface area contributed by atoms with Crippen molar-refractivity contribution in [2.24, 2.45) is 0 Å². The summed E-state index contributed by atoms with van der Waals surface area (Å²) in [6.45, 7) is 1.03. The molecule has 2 amide bonds. The third-order valence-corrected chi connectivity index (χ3v) is 3.18. The number of benzene rings is 1. The lowest BCUT2D eigenvalue weighted by atomic mass is 9.96. The van der Waals surface area contributed by atoms with Crippen LogP contribution in [-0.4, -0.2) is 28.8 Å². The Morgan fingerprint density at radius 1 is 1.47 bits per heavy atom. The first-order valence-electron chi connectivity index (χ1n) is 5.39. The van der Waals surface area contributed by atoms with E-state index in [2.05, 4.69) is 5.32 Å². The topological polar surface area (TPSA) is 52.6 Å². The molecule has 1 aromatic carbocycles. The summed E-state index contributed by atoms with van der Waals surface area (Å²) in [7, 11) is 0. The first-order valence-corrected chi connectivity index (χ1v) is 5.77. The van der Waals surface area contributed by atoms with E-state index in [-0.39, 0.29) is 17.3 Å². The number of alkyl halides is 3. The van der Waals surface area contributed by atoms with Crippen LogP contribution >= 0.6 is 11.6 Å². The standard InChI is InChI=1S/C11H10ClF3N2O2/c1-2-17-9(18)16-8-4-3-6(12)5-7(8)10(17,19)11(13,14)15/h3-5,19H,2H2,1H3,(H,16,18). The number of nitrogens with zero attached hydrogens (tertiary/aromatic N) is 1. The highest BCUT2D eigenvalue weighted by molar-refractivity contribution is 6.30.